The van der Waals surface area contributed by atoms with Crippen molar-refractivity contribution in [3.63, 3.8) is 0 Å². The Morgan fingerprint density at radius 2 is 1.72 bits per heavy atom. The molecule has 0 saturated carbocycles. The number of aromatic nitrogens is 5. The molecule has 0 aliphatic rings. The van der Waals surface area contributed by atoms with E-state index in [-0.39, 0.29) is 11.6 Å². The van der Waals surface area contributed by atoms with E-state index >= 15 is 0 Å². The fourth-order valence-electron chi connectivity index (χ4n) is 3.05. The highest BCUT2D eigenvalue weighted by atomic mass is 16.5. The first kappa shape index (κ1) is 19.2. The van der Waals surface area contributed by atoms with Crippen LogP contribution in [0, 0.1) is 0 Å². The largest absolute Gasteiger partial charge is 0.355 e. The zero-order valence-corrected chi connectivity index (χ0v) is 16.7. The van der Waals surface area contributed by atoms with E-state index in [9.17, 15) is 4.79 Å². The molecule has 0 radical (unpaired) electrons. The van der Waals surface area contributed by atoms with E-state index in [1.165, 1.54) is 6.33 Å². The van der Waals surface area contributed by atoms with Gasteiger partial charge in [0.1, 0.15) is 12.1 Å². The van der Waals surface area contributed by atoms with Crippen molar-refractivity contribution in [3.8, 4) is 17.1 Å². The zero-order valence-electron chi connectivity index (χ0n) is 16.7. The summed E-state index contributed by atoms with van der Waals surface area (Å²) in [5.41, 5.74) is 2.50. The molecule has 156 valence electrons. The van der Waals surface area contributed by atoms with Crippen LogP contribution in [0.2, 0.25) is 0 Å². The number of nitrogens with one attached hydrogen (secondary N) is 2. The highest BCUT2D eigenvalue weighted by Crippen LogP contribution is 2.22. The van der Waals surface area contributed by atoms with Crippen molar-refractivity contribution < 1.29 is 9.32 Å². The number of carbonyl (C=O) groups excluding carboxylic acids is 1. The first-order valence-electron chi connectivity index (χ1n) is 9.77. The Labute approximate surface area is 182 Å². The fraction of sp³-hybridized carbons (Fsp3) is 0. The molecule has 5 rings (SSSR count). The molecule has 2 aromatic carbocycles. The van der Waals surface area contributed by atoms with Crippen molar-refractivity contribution >= 4 is 23.1 Å². The van der Waals surface area contributed by atoms with Gasteiger partial charge in [-0.25, -0.2) is 14.6 Å². The maximum Gasteiger partial charge on any atom is 0.277 e. The second kappa shape index (κ2) is 8.52. The predicted octanol–water partition coefficient (Wildman–Crippen LogP) is 4.31. The lowest BCUT2D eigenvalue weighted by Gasteiger charge is -2.08. The number of carbonyl (C=O) groups is 1. The van der Waals surface area contributed by atoms with Crippen LogP contribution in [0.15, 0.2) is 96.0 Å². The van der Waals surface area contributed by atoms with Gasteiger partial charge in [0.15, 0.2) is 17.3 Å². The van der Waals surface area contributed by atoms with Crippen LogP contribution in [-0.2, 0) is 0 Å². The Kier molecular flexibility index (Phi) is 5.11. The SMILES string of the molecule is O=C(Nc1ccc(Nc2cc(-n3cccn3)ncn2)cc1)c1cc(-c2ccccc2)on1. The third-order valence-electron chi connectivity index (χ3n) is 4.61. The molecular weight excluding hydrogens is 406 g/mol. The van der Waals surface area contributed by atoms with Crippen LogP contribution in [0.5, 0.6) is 0 Å². The number of benzene rings is 2. The molecule has 0 bridgehead atoms. The van der Waals surface area contributed by atoms with E-state index in [1.54, 1.807) is 41.3 Å². The van der Waals surface area contributed by atoms with Crippen LogP contribution in [0.4, 0.5) is 17.2 Å². The molecule has 0 aliphatic carbocycles. The van der Waals surface area contributed by atoms with Crippen molar-refractivity contribution in [2.75, 3.05) is 10.6 Å². The maximum absolute atomic E-state index is 12.5. The Hall–Kier alpha value is -4.79. The molecule has 0 fully saturated rings. The topological polar surface area (TPSA) is 111 Å². The monoisotopic (exact) mass is 423 g/mol. The van der Waals surface area contributed by atoms with E-state index in [4.69, 9.17) is 4.52 Å². The van der Waals surface area contributed by atoms with Crippen molar-refractivity contribution in [1.29, 1.82) is 0 Å². The molecule has 0 saturated heterocycles. The third kappa shape index (κ3) is 4.21. The quantitative estimate of drug-likeness (QED) is 0.418. The average molecular weight is 423 g/mol. The van der Waals surface area contributed by atoms with Crippen molar-refractivity contribution in [3.05, 3.63) is 97.2 Å². The molecule has 9 heteroatoms. The van der Waals surface area contributed by atoms with Crippen molar-refractivity contribution in [2.24, 2.45) is 0 Å². The summed E-state index contributed by atoms with van der Waals surface area (Å²) in [7, 11) is 0. The predicted molar refractivity (Wildman–Crippen MR) is 119 cm³/mol. The first-order valence-corrected chi connectivity index (χ1v) is 9.77. The summed E-state index contributed by atoms with van der Waals surface area (Å²) >= 11 is 0. The zero-order chi connectivity index (χ0) is 21.8. The lowest BCUT2D eigenvalue weighted by molar-refractivity contribution is 0.101. The van der Waals surface area contributed by atoms with E-state index in [0.29, 0.717) is 23.1 Å². The second-order valence-corrected chi connectivity index (χ2v) is 6.81. The molecule has 32 heavy (non-hydrogen) atoms. The molecule has 2 N–H and O–H groups in total. The average Bonchev–Trinajstić information content (AvgIpc) is 3.54. The van der Waals surface area contributed by atoms with Gasteiger partial charge < -0.3 is 15.2 Å². The maximum atomic E-state index is 12.5. The molecule has 0 aliphatic heterocycles. The number of anilines is 3. The highest BCUT2D eigenvalue weighted by molar-refractivity contribution is 6.03. The second-order valence-electron chi connectivity index (χ2n) is 6.81. The van der Waals surface area contributed by atoms with E-state index in [2.05, 4.69) is 30.9 Å². The summed E-state index contributed by atoms with van der Waals surface area (Å²) in [6, 6.07) is 22.0. The van der Waals surface area contributed by atoms with Gasteiger partial charge >= 0.3 is 0 Å². The third-order valence-corrected chi connectivity index (χ3v) is 4.61. The fourth-order valence-corrected chi connectivity index (χ4v) is 3.05. The summed E-state index contributed by atoms with van der Waals surface area (Å²) < 4.78 is 6.94. The Bertz CT molecular complexity index is 1330. The van der Waals surface area contributed by atoms with Crippen LogP contribution >= 0.6 is 0 Å². The minimum atomic E-state index is -0.351. The molecule has 9 nitrogen and oxygen atoms in total. The van der Waals surface area contributed by atoms with Gasteiger partial charge in [-0.15, -0.1) is 0 Å². The van der Waals surface area contributed by atoms with E-state index in [0.717, 1.165) is 11.3 Å². The Morgan fingerprint density at radius 3 is 2.50 bits per heavy atom. The van der Waals surface area contributed by atoms with Crippen LogP contribution in [0.25, 0.3) is 17.1 Å². The Morgan fingerprint density at radius 1 is 0.906 bits per heavy atom. The molecule has 0 unspecified atom stereocenters. The summed E-state index contributed by atoms with van der Waals surface area (Å²) in [6.45, 7) is 0. The molecule has 0 atom stereocenters. The van der Waals surface area contributed by atoms with Crippen LogP contribution in [-0.4, -0.2) is 30.8 Å². The van der Waals surface area contributed by atoms with Crippen molar-refractivity contribution in [1.82, 2.24) is 24.9 Å². The van der Waals surface area contributed by atoms with Crippen LogP contribution in [0.1, 0.15) is 10.5 Å². The first-order chi connectivity index (χ1) is 15.7. The molecule has 3 aromatic heterocycles. The molecule has 3 heterocycles. The van der Waals surface area contributed by atoms with Crippen LogP contribution in [0.3, 0.4) is 0 Å². The number of nitrogens with zero attached hydrogens (tertiary/aromatic N) is 5. The van der Waals surface area contributed by atoms with Gasteiger partial charge in [-0.2, -0.15) is 5.10 Å². The standard InChI is InChI=1S/C23H17N7O2/c31-23(19-13-20(32-29-19)16-5-2-1-3-6-16)28-18-9-7-17(8-10-18)27-21-14-22(25-15-24-21)30-12-4-11-26-30/h1-15H,(H,28,31)(H,24,25,27). The van der Waals surface area contributed by atoms with Gasteiger partial charge in [0, 0.05) is 41.5 Å². The van der Waals surface area contributed by atoms with Gasteiger partial charge in [0.25, 0.3) is 5.91 Å². The summed E-state index contributed by atoms with van der Waals surface area (Å²) in [5.74, 6) is 1.46. The van der Waals surface area contributed by atoms with Crippen molar-refractivity contribution in [2.45, 2.75) is 0 Å². The van der Waals surface area contributed by atoms with E-state index in [1.807, 2.05) is 48.5 Å². The number of rotatable bonds is 6. The smallest absolute Gasteiger partial charge is 0.277 e. The minimum Gasteiger partial charge on any atom is -0.355 e. The molecule has 0 spiro atoms. The van der Waals surface area contributed by atoms with Gasteiger partial charge in [0.2, 0.25) is 0 Å². The lowest BCUT2D eigenvalue weighted by Crippen LogP contribution is -2.12. The number of amides is 1. The molecule has 5 aromatic rings. The summed E-state index contributed by atoms with van der Waals surface area (Å²) in [4.78, 5) is 20.9. The van der Waals surface area contributed by atoms with Crippen LogP contribution < -0.4 is 10.6 Å². The normalized spacial score (nSPS) is 10.6. The highest BCUT2D eigenvalue weighted by Gasteiger charge is 2.14. The van der Waals surface area contributed by atoms with E-state index < -0.39 is 0 Å². The lowest BCUT2D eigenvalue weighted by atomic mass is 10.1. The Balaban J connectivity index is 1.24. The van der Waals surface area contributed by atoms with Gasteiger partial charge in [-0.1, -0.05) is 35.5 Å². The van der Waals surface area contributed by atoms with Gasteiger partial charge in [-0.3, -0.25) is 4.79 Å². The number of hydrogen-bond acceptors (Lipinski definition) is 7. The van der Waals surface area contributed by atoms with Gasteiger partial charge in [-0.05, 0) is 30.3 Å². The minimum absolute atomic E-state index is 0.207. The summed E-state index contributed by atoms with van der Waals surface area (Å²) in [5, 5.41) is 14.1. The van der Waals surface area contributed by atoms with Gasteiger partial charge in [0.05, 0.1) is 0 Å². The molecule has 1 amide bonds. The number of hydrogen-bond donors (Lipinski definition) is 2. The molecular formula is C23H17N7O2. The summed E-state index contributed by atoms with van der Waals surface area (Å²) in [6.07, 6.45) is 4.96.